The molecule has 2 aromatic rings. The fraction of sp³-hybridized carbons (Fsp3) is 0.100. The SMILES string of the molecule is Cc1ccc(-c2cc(Cl)on2)c(Br)c1. The van der Waals surface area contributed by atoms with E-state index >= 15 is 0 Å². The molecule has 0 saturated carbocycles. The van der Waals surface area contributed by atoms with E-state index in [1.807, 2.05) is 25.1 Å². The average Bonchev–Trinajstić information content (AvgIpc) is 2.51. The monoisotopic (exact) mass is 271 g/mol. The van der Waals surface area contributed by atoms with Gasteiger partial charge >= 0.3 is 0 Å². The zero-order chi connectivity index (χ0) is 10.1. The zero-order valence-corrected chi connectivity index (χ0v) is 9.76. The van der Waals surface area contributed by atoms with Gasteiger partial charge in [0.15, 0.2) is 0 Å². The van der Waals surface area contributed by atoms with Gasteiger partial charge in [-0.05, 0) is 30.2 Å². The summed E-state index contributed by atoms with van der Waals surface area (Å²) in [6.45, 7) is 2.03. The van der Waals surface area contributed by atoms with Gasteiger partial charge in [-0.3, -0.25) is 0 Å². The van der Waals surface area contributed by atoms with E-state index in [-0.39, 0.29) is 0 Å². The van der Waals surface area contributed by atoms with Gasteiger partial charge in [0, 0.05) is 16.1 Å². The molecule has 14 heavy (non-hydrogen) atoms. The third kappa shape index (κ3) is 1.83. The van der Waals surface area contributed by atoms with Gasteiger partial charge in [-0.15, -0.1) is 0 Å². The Labute approximate surface area is 95.0 Å². The van der Waals surface area contributed by atoms with Crippen LogP contribution in [0.3, 0.4) is 0 Å². The van der Waals surface area contributed by atoms with Crippen molar-refractivity contribution >= 4 is 27.5 Å². The Morgan fingerprint density at radius 2 is 2.14 bits per heavy atom. The van der Waals surface area contributed by atoms with Gasteiger partial charge in [0.05, 0.1) is 0 Å². The molecule has 2 nitrogen and oxygen atoms in total. The van der Waals surface area contributed by atoms with Crippen LogP contribution in [0.4, 0.5) is 0 Å². The summed E-state index contributed by atoms with van der Waals surface area (Å²) in [6.07, 6.45) is 0. The lowest BCUT2D eigenvalue weighted by atomic mass is 10.1. The summed E-state index contributed by atoms with van der Waals surface area (Å²) in [6, 6.07) is 7.71. The Bertz CT molecular complexity index is 467. The Kier molecular flexibility index (Phi) is 2.61. The molecule has 0 saturated heterocycles. The van der Waals surface area contributed by atoms with Crippen LogP contribution in [0.2, 0.25) is 5.22 Å². The standard InChI is InChI=1S/C10H7BrClNO/c1-6-2-3-7(8(11)4-6)9-5-10(12)14-13-9/h2-5H,1H3. The zero-order valence-electron chi connectivity index (χ0n) is 7.42. The summed E-state index contributed by atoms with van der Waals surface area (Å²) in [5.74, 6) is 0. The second-order valence-corrected chi connectivity index (χ2v) is 4.23. The number of benzene rings is 1. The number of halogens is 2. The molecule has 72 valence electrons. The van der Waals surface area contributed by atoms with Gasteiger partial charge in [-0.1, -0.05) is 33.2 Å². The second-order valence-electron chi connectivity index (χ2n) is 3.00. The van der Waals surface area contributed by atoms with Crippen molar-refractivity contribution in [2.75, 3.05) is 0 Å². The van der Waals surface area contributed by atoms with Crippen LogP contribution in [0.1, 0.15) is 5.56 Å². The highest BCUT2D eigenvalue weighted by atomic mass is 79.9. The maximum Gasteiger partial charge on any atom is 0.226 e. The maximum atomic E-state index is 5.65. The fourth-order valence-electron chi connectivity index (χ4n) is 1.21. The summed E-state index contributed by atoms with van der Waals surface area (Å²) >= 11 is 9.12. The maximum absolute atomic E-state index is 5.65. The van der Waals surface area contributed by atoms with Gasteiger partial charge in [0.25, 0.3) is 0 Å². The van der Waals surface area contributed by atoms with Crippen LogP contribution in [0.15, 0.2) is 33.3 Å². The van der Waals surface area contributed by atoms with E-state index in [1.165, 1.54) is 5.56 Å². The van der Waals surface area contributed by atoms with Crippen molar-refractivity contribution in [1.29, 1.82) is 0 Å². The molecule has 0 radical (unpaired) electrons. The minimum Gasteiger partial charge on any atom is -0.344 e. The third-order valence-corrected chi connectivity index (χ3v) is 2.72. The highest BCUT2D eigenvalue weighted by Crippen LogP contribution is 2.29. The first-order valence-corrected chi connectivity index (χ1v) is 5.22. The molecule has 1 heterocycles. The number of hydrogen-bond acceptors (Lipinski definition) is 2. The van der Waals surface area contributed by atoms with Crippen LogP contribution in [-0.4, -0.2) is 5.16 Å². The van der Waals surface area contributed by atoms with Crippen molar-refractivity contribution in [1.82, 2.24) is 5.16 Å². The number of nitrogens with zero attached hydrogens (tertiary/aromatic N) is 1. The first kappa shape index (κ1) is 9.74. The highest BCUT2D eigenvalue weighted by molar-refractivity contribution is 9.10. The molecule has 0 amide bonds. The molecule has 0 unspecified atom stereocenters. The Balaban J connectivity index is 2.52. The molecule has 0 aliphatic carbocycles. The average molecular weight is 273 g/mol. The largest absolute Gasteiger partial charge is 0.344 e. The first-order valence-electron chi connectivity index (χ1n) is 4.05. The summed E-state index contributed by atoms with van der Waals surface area (Å²) in [5.41, 5.74) is 2.91. The fourth-order valence-corrected chi connectivity index (χ4v) is 2.04. The predicted molar refractivity (Wildman–Crippen MR) is 59.4 cm³/mol. The number of aromatic nitrogens is 1. The van der Waals surface area contributed by atoms with Crippen LogP contribution < -0.4 is 0 Å². The van der Waals surface area contributed by atoms with Crippen molar-refractivity contribution in [3.05, 3.63) is 39.5 Å². The predicted octanol–water partition coefficient (Wildman–Crippen LogP) is 4.07. The Morgan fingerprint density at radius 3 is 2.71 bits per heavy atom. The van der Waals surface area contributed by atoms with Gasteiger partial charge in [0.2, 0.25) is 5.22 Å². The molecule has 0 spiro atoms. The molecule has 0 atom stereocenters. The normalized spacial score (nSPS) is 10.5. The lowest BCUT2D eigenvalue weighted by molar-refractivity contribution is 0.424. The van der Waals surface area contributed by atoms with Crippen LogP contribution in [0, 0.1) is 6.92 Å². The molecule has 0 aliphatic rings. The molecule has 0 aliphatic heterocycles. The highest BCUT2D eigenvalue weighted by Gasteiger charge is 2.08. The number of rotatable bonds is 1. The Morgan fingerprint density at radius 1 is 1.36 bits per heavy atom. The molecule has 0 fully saturated rings. The quantitative estimate of drug-likeness (QED) is 0.782. The van der Waals surface area contributed by atoms with E-state index in [1.54, 1.807) is 6.07 Å². The van der Waals surface area contributed by atoms with Gasteiger partial charge in [-0.25, -0.2) is 0 Å². The molecular weight excluding hydrogens is 265 g/mol. The molecular formula is C10H7BrClNO. The van der Waals surface area contributed by atoms with Crippen molar-refractivity contribution in [3.8, 4) is 11.3 Å². The van der Waals surface area contributed by atoms with E-state index in [0.717, 1.165) is 15.7 Å². The van der Waals surface area contributed by atoms with Crippen molar-refractivity contribution in [2.24, 2.45) is 0 Å². The van der Waals surface area contributed by atoms with Gasteiger partial charge in [0.1, 0.15) is 5.69 Å². The number of aryl methyl sites for hydroxylation is 1. The second kappa shape index (κ2) is 3.75. The molecule has 1 aromatic heterocycles. The molecule has 4 heteroatoms. The number of hydrogen-bond donors (Lipinski definition) is 0. The van der Waals surface area contributed by atoms with Gasteiger partial charge in [-0.2, -0.15) is 0 Å². The summed E-state index contributed by atoms with van der Waals surface area (Å²) in [5, 5.41) is 4.14. The smallest absolute Gasteiger partial charge is 0.226 e. The molecule has 0 bridgehead atoms. The first-order chi connectivity index (χ1) is 6.66. The molecule has 2 rings (SSSR count). The van der Waals surface area contributed by atoms with Crippen molar-refractivity contribution in [2.45, 2.75) is 6.92 Å². The van der Waals surface area contributed by atoms with Crippen LogP contribution in [0.25, 0.3) is 11.3 Å². The minimum atomic E-state index is 0.299. The van der Waals surface area contributed by atoms with E-state index in [4.69, 9.17) is 16.1 Å². The lowest BCUT2D eigenvalue weighted by Crippen LogP contribution is -1.80. The van der Waals surface area contributed by atoms with Crippen molar-refractivity contribution in [3.63, 3.8) is 0 Å². The van der Waals surface area contributed by atoms with E-state index < -0.39 is 0 Å². The Hall–Kier alpha value is -0.800. The third-order valence-electron chi connectivity index (χ3n) is 1.88. The van der Waals surface area contributed by atoms with E-state index in [0.29, 0.717) is 5.22 Å². The van der Waals surface area contributed by atoms with Crippen LogP contribution >= 0.6 is 27.5 Å². The molecule has 1 aromatic carbocycles. The van der Waals surface area contributed by atoms with Gasteiger partial charge < -0.3 is 4.52 Å². The van der Waals surface area contributed by atoms with Crippen molar-refractivity contribution < 1.29 is 4.52 Å². The van der Waals surface area contributed by atoms with E-state index in [9.17, 15) is 0 Å². The minimum absolute atomic E-state index is 0.299. The summed E-state index contributed by atoms with van der Waals surface area (Å²) in [7, 11) is 0. The topological polar surface area (TPSA) is 26.0 Å². The van der Waals surface area contributed by atoms with Crippen LogP contribution in [-0.2, 0) is 0 Å². The summed E-state index contributed by atoms with van der Waals surface area (Å²) < 4.78 is 5.79. The van der Waals surface area contributed by atoms with E-state index in [2.05, 4.69) is 21.1 Å². The molecule has 0 N–H and O–H groups in total. The lowest BCUT2D eigenvalue weighted by Gasteiger charge is -2.00. The summed E-state index contributed by atoms with van der Waals surface area (Å²) in [4.78, 5) is 0. The van der Waals surface area contributed by atoms with Crippen LogP contribution in [0.5, 0.6) is 0 Å².